The molecular formula is C10H14N4O3. The normalized spacial score (nSPS) is 11.9. The van der Waals surface area contributed by atoms with E-state index in [2.05, 4.69) is 10.3 Å². The van der Waals surface area contributed by atoms with Crippen LogP contribution in [0.1, 0.15) is 16.1 Å². The van der Waals surface area contributed by atoms with Gasteiger partial charge < -0.3 is 21.9 Å². The van der Waals surface area contributed by atoms with Gasteiger partial charge in [0.2, 0.25) is 5.91 Å². The largest absolute Gasteiger partial charge is 0.381 e. The van der Waals surface area contributed by atoms with Crippen molar-refractivity contribution < 1.29 is 14.7 Å². The van der Waals surface area contributed by atoms with Gasteiger partial charge in [0.05, 0.1) is 12.2 Å². The van der Waals surface area contributed by atoms with Crippen LogP contribution in [-0.2, 0) is 11.3 Å². The van der Waals surface area contributed by atoms with Crippen LogP contribution in [0.5, 0.6) is 0 Å². The summed E-state index contributed by atoms with van der Waals surface area (Å²) in [5.74, 6) is -1.31. The molecule has 0 aliphatic carbocycles. The lowest BCUT2D eigenvalue weighted by Gasteiger charge is -2.08. The van der Waals surface area contributed by atoms with Crippen molar-refractivity contribution in [2.75, 3.05) is 6.54 Å². The Balaban J connectivity index is 2.60. The number of nitrogens with two attached hydrogens (primary N) is 2. The number of amides is 2. The van der Waals surface area contributed by atoms with Crippen molar-refractivity contribution in [1.82, 2.24) is 10.3 Å². The summed E-state index contributed by atoms with van der Waals surface area (Å²) in [4.78, 5) is 26.1. The number of hydrogen-bond acceptors (Lipinski definition) is 5. The van der Waals surface area contributed by atoms with E-state index in [-0.39, 0.29) is 13.1 Å². The molecule has 7 nitrogen and oxygen atoms in total. The van der Waals surface area contributed by atoms with E-state index < -0.39 is 17.9 Å². The fraction of sp³-hybridized carbons (Fsp3) is 0.300. The first-order chi connectivity index (χ1) is 8.04. The Labute approximate surface area is 97.8 Å². The average molecular weight is 238 g/mol. The number of aliphatic hydroxyl groups excluding tert-OH is 1. The zero-order valence-corrected chi connectivity index (χ0v) is 9.09. The number of hydrogen-bond donors (Lipinski definition) is 4. The van der Waals surface area contributed by atoms with E-state index in [1.807, 2.05) is 0 Å². The SMILES string of the molecule is NCc1cc(C(=O)NCC(O)C(N)=O)ccn1. The van der Waals surface area contributed by atoms with E-state index in [0.29, 0.717) is 11.3 Å². The Bertz CT molecular complexity index is 422. The van der Waals surface area contributed by atoms with E-state index in [1.165, 1.54) is 18.3 Å². The maximum Gasteiger partial charge on any atom is 0.251 e. The minimum atomic E-state index is -1.39. The summed E-state index contributed by atoms with van der Waals surface area (Å²) in [5.41, 5.74) is 11.2. The molecule has 0 spiro atoms. The molecule has 92 valence electrons. The molecule has 17 heavy (non-hydrogen) atoms. The third-order valence-corrected chi connectivity index (χ3v) is 2.07. The van der Waals surface area contributed by atoms with E-state index >= 15 is 0 Å². The van der Waals surface area contributed by atoms with Crippen LogP contribution in [0.3, 0.4) is 0 Å². The lowest BCUT2D eigenvalue weighted by atomic mass is 10.2. The average Bonchev–Trinajstić information content (AvgIpc) is 2.35. The minimum absolute atomic E-state index is 0.227. The van der Waals surface area contributed by atoms with Crippen molar-refractivity contribution in [2.45, 2.75) is 12.6 Å². The van der Waals surface area contributed by atoms with Crippen molar-refractivity contribution in [2.24, 2.45) is 11.5 Å². The molecule has 0 saturated heterocycles. The van der Waals surface area contributed by atoms with Crippen molar-refractivity contribution in [3.8, 4) is 0 Å². The van der Waals surface area contributed by atoms with E-state index in [4.69, 9.17) is 16.6 Å². The number of pyridine rings is 1. The highest BCUT2D eigenvalue weighted by molar-refractivity contribution is 5.94. The minimum Gasteiger partial charge on any atom is -0.381 e. The van der Waals surface area contributed by atoms with Gasteiger partial charge in [-0.15, -0.1) is 0 Å². The van der Waals surface area contributed by atoms with Crippen LogP contribution in [0.25, 0.3) is 0 Å². The molecule has 0 radical (unpaired) electrons. The topological polar surface area (TPSA) is 131 Å². The van der Waals surface area contributed by atoms with E-state index in [0.717, 1.165) is 0 Å². The molecular weight excluding hydrogens is 224 g/mol. The van der Waals surface area contributed by atoms with Gasteiger partial charge in [-0.1, -0.05) is 0 Å². The Hall–Kier alpha value is -1.99. The molecule has 0 saturated carbocycles. The molecule has 7 heteroatoms. The quantitative estimate of drug-likeness (QED) is 0.476. The lowest BCUT2D eigenvalue weighted by Crippen LogP contribution is -2.40. The van der Waals surface area contributed by atoms with Crippen molar-refractivity contribution in [3.63, 3.8) is 0 Å². The van der Waals surface area contributed by atoms with Crippen LogP contribution in [0, 0.1) is 0 Å². The van der Waals surface area contributed by atoms with Crippen LogP contribution >= 0.6 is 0 Å². The standard InChI is InChI=1S/C10H14N4O3/c11-4-7-3-6(1-2-13-7)10(17)14-5-8(15)9(12)16/h1-3,8,15H,4-5,11H2,(H2,12,16)(H,14,17). The molecule has 0 fully saturated rings. The zero-order valence-electron chi connectivity index (χ0n) is 9.09. The molecule has 0 aromatic carbocycles. The number of primary amides is 1. The highest BCUT2D eigenvalue weighted by Gasteiger charge is 2.13. The van der Waals surface area contributed by atoms with Crippen LogP contribution in [0.4, 0.5) is 0 Å². The van der Waals surface area contributed by atoms with Crippen LogP contribution in [0.2, 0.25) is 0 Å². The second-order valence-electron chi connectivity index (χ2n) is 3.37. The number of carbonyl (C=O) groups is 2. The second-order valence-corrected chi connectivity index (χ2v) is 3.37. The summed E-state index contributed by atoms with van der Waals surface area (Å²) in [6.45, 7) is -0.000517. The smallest absolute Gasteiger partial charge is 0.251 e. The molecule has 0 aliphatic heterocycles. The van der Waals surface area contributed by atoms with Gasteiger partial charge in [0.1, 0.15) is 6.10 Å². The summed E-state index contributed by atoms with van der Waals surface area (Å²) >= 11 is 0. The van der Waals surface area contributed by atoms with Gasteiger partial charge >= 0.3 is 0 Å². The summed E-state index contributed by atoms with van der Waals surface area (Å²) in [7, 11) is 0. The zero-order chi connectivity index (χ0) is 12.8. The van der Waals surface area contributed by atoms with Crippen molar-refractivity contribution in [1.29, 1.82) is 0 Å². The molecule has 1 heterocycles. The van der Waals surface area contributed by atoms with Crippen molar-refractivity contribution in [3.05, 3.63) is 29.6 Å². The first kappa shape index (κ1) is 13.1. The fourth-order valence-electron chi connectivity index (χ4n) is 1.12. The lowest BCUT2D eigenvalue weighted by molar-refractivity contribution is -0.125. The molecule has 0 aliphatic rings. The Morgan fingerprint density at radius 3 is 2.82 bits per heavy atom. The Morgan fingerprint density at radius 1 is 1.53 bits per heavy atom. The highest BCUT2D eigenvalue weighted by Crippen LogP contribution is 2.01. The molecule has 2 amide bonds. The molecule has 6 N–H and O–H groups in total. The van der Waals surface area contributed by atoms with Gasteiger partial charge in [0.25, 0.3) is 5.91 Å². The molecule has 1 aromatic rings. The van der Waals surface area contributed by atoms with Crippen molar-refractivity contribution >= 4 is 11.8 Å². The number of aromatic nitrogens is 1. The fourth-order valence-corrected chi connectivity index (χ4v) is 1.12. The number of nitrogens with zero attached hydrogens (tertiary/aromatic N) is 1. The number of nitrogens with one attached hydrogen (secondary N) is 1. The summed E-state index contributed by atoms with van der Waals surface area (Å²) in [6.07, 6.45) is 0.0662. The first-order valence-corrected chi connectivity index (χ1v) is 4.95. The van der Waals surface area contributed by atoms with Gasteiger partial charge in [-0.3, -0.25) is 14.6 Å². The molecule has 1 aromatic heterocycles. The molecule has 1 rings (SSSR count). The molecule has 0 bridgehead atoms. The van der Waals surface area contributed by atoms with E-state index in [1.54, 1.807) is 0 Å². The Morgan fingerprint density at radius 2 is 2.24 bits per heavy atom. The number of carbonyl (C=O) groups excluding carboxylic acids is 2. The van der Waals surface area contributed by atoms with E-state index in [9.17, 15) is 9.59 Å². The van der Waals surface area contributed by atoms with Gasteiger partial charge in [-0.05, 0) is 12.1 Å². The molecule has 1 atom stereocenters. The first-order valence-electron chi connectivity index (χ1n) is 4.95. The van der Waals surface area contributed by atoms with Gasteiger partial charge in [-0.25, -0.2) is 0 Å². The third kappa shape index (κ3) is 3.82. The van der Waals surface area contributed by atoms with Crippen LogP contribution in [-0.4, -0.2) is 34.6 Å². The Kier molecular flexibility index (Phi) is 4.56. The van der Waals surface area contributed by atoms with Crippen LogP contribution in [0.15, 0.2) is 18.3 Å². The highest BCUT2D eigenvalue weighted by atomic mass is 16.3. The van der Waals surface area contributed by atoms with Gasteiger partial charge in [0.15, 0.2) is 0 Å². The number of aliphatic hydroxyl groups is 1. The van der Waals surface area contributed by atoms with Crippen LogP contribution < -0.4 is 16.8 Å². The predicted octanol–water partition coefficient (Wildman–Crippen LogP) is -1.88. The predicted molar refractivity (Wildman–Crippen MR) is 59.7 cm³/mol. The molecule has 1 unspecified atom stereocenters. The van der Waals surface area contributed by atoms with Gasteiger partial charge in [-0.2, -0.15) is 0 Å². The second kappa shape index (κ2) is 5.92. The third-order valence-electron chi connectivity index (χ3n) is 2.07. The number of rotatable bonds is 5. The summed E-state index contributed by atoms with van der Waals surface area (Å²) < 4.78 is 0. The maximum atomic E-state index is 11.6. The summed E-state index contributed by atoms with van der Waals surface area (Å²) in [6, 6.07) is 3.04. The maximum absolute atomic E-state index is 11.6. The summed E-state index contributed by atoms with van der Waals surface area (Å²) in [5, 5.41) is 11.5. The monoisotopic (exact) mass is 238 g/mol. The van der Waals surface area contributed by atoms with Gasteiger partial charge in [0, 0.05) is 18.3 Å².